The molecule has 1 saturated heterocycles. The Hall–Kier alpha value is -2.70. The highest BCUT2D eigenvalue weighted by Crippen LogP contribution is 2.28. The zero-order valence-electron chi connectivity index (χ0n) is 16.8. The molecule has 0 unspecified atom stereocenters. The first kappa shape index (κ1) is 18.7. The summed E-state index contributed by atoms with van der Waals surface area (Å²) in [6.07, 6.45) is 2.24. The molecule has 28 heavy (non-hydrogen) atoms. The lowest BCUT2D eigenvalue weighted by molar-refractivity contribution is -0.132. The second-order valence-corrected chi connectivity index (χ2v) is 7.85. The molecule has 1 aromatic carbocycles. The van der Waals surface area contributed by atoms with Gasteiger partial charge in [0.1, 0.15) is 5.82 Å². The molecule has 1 fully saturated rings. The van der Waals surface area contributed by atoms with Gasteiger partial charge >= 0.3 is 0 Å². The number of carbonyl (C=O) groups excluding carboxylic acids is 1. The molecule has 0 saturated carbocycles. The van der Waals surface area contributed by atoms with Crippen LogP contribution in [-0.2, 0) is 11.3 Å². The molecule has 3 aromatic rings. The number of para-hydroxylation sites is 2. The highest BCUT2D eigenvalue weighted by molar-refractivity contribution is 5.78. The summed E-state index contributed by atoms with van der Waals surface area (Å²) in [4.78, 5) is 23.8. The smallest absolute Gasteiger partial charge is 0.229 e. The van der Waals surface area contributed by atoms with Crippen LogP contribution in [0, 0.1) is 6.92 Å². The summed E-state index contributed by atoms with van der Waals surface area (Å²) in [6, 6.07) is 8.06. The van der Waals surface area contributed by atoms with Crippen LogP contribution in [0.2, 0.25) is 0 Å². The average molecular weight is 381 g/mol. The molecule has 2 aromatic heterocycles. The van der Waals surface area contributed by atoms with Crippen molar-refractivity contribution in [2.24, 2.45) is 0 Å². The summed E-state index contributed by atoms with van der Waals surface area (Å²) in [7, 11) is 0. The number of piperidine rings is 1. The predicted molar refractivity (Wildman–Crippen MR) is 106 cm³/mol. The van der Waals surface area contributed by atoms with E-state index in [1.807, 2.05) is 30.0 Å². The first-order valence-electron chi connectivity index (χ1n) is 10.1. The molecule has 0 N–H and O–H groups in total. The molecule has 0 radical (unpaired) electrons. The van der Waals surface area contributed by atoms with Crippen LogP contribution in [0.1, 0.15) is 62.5 Å². The third-order valence-electron chi connectivity index (χ3n) is 5.57. The van der Waals surface area contributed by atoms with E-state index in [4.69, 9.17) is 4.52 Å². The number of aromatic nitrogens is 4. The largest absolute Gasteiger partial charge is 0.343 e. The van der Waals surface area contributed by atoms with Gasteiger partial charge in [0.05, 0.1) is 11.0 Å². The van der Waals surface area contributed by atoms with E-state index in [1.54, 1.807) is 0 Å². The zero-order valence-corrected chi connectivity index (χ0v) is 16.8. The van der Waals surface area contributed by atoms with Crippen LogP contribution in [0.5, 0.6) is 0 Å². The van der Waals surface area contributed by atoms with Gasteiger partial charge in [0.25, 0.3) is 0 Å². The second-order valence-electron chi connectivity index (χ2n) is 7.85. The number of imidazole rings is 1. The van der Waals surface area contributed by atoms with Crippen molar-refractivity contribution < 1.29 is 9.32 Å². The van der Waals surface area contributed by atoms with Crippen molar-refractivity contribution in [3.05, 3.63) is 41.8 Å². The fourth-order valence-electron chi connectivity index (χ4n) is 3.87. The molecule has 7 nitrogen and oxygen atoms in total. The Morgan fingerprint density at radius 1 is 1.21 bits per heavy atom. The van der Waals surface area contributed by atoms with Gasteiger partial charge in [0.2, 0.25) is 11.8 Å². The number of likely N-dealkylation sites (tertiary alicyclic amines) is 1. The number of aryl methyl sites for hydroxylation is 2. The fraction of sp³-hybridized carbons (Fsp3) is 0.524. The maximum atomic E-state index is 12.7. The second kappa shape index (κ2) is 7.73. The maximum Gasteiger partial charge on any atom is 0.229 e. The number of nitrogens with zero attached hydrogens (tertiary/aromatic N) is 5. The van der Waals surface area contributed by atoms with Crippen molar-refractivity contribution in [2.45, 2.75) is 58.4 Å². The van der Waals surface area contributed by atoms with Crippen molar-refractivity contribution in [2.75, 3.05) is 13.1 Å². The molecule has 148 valence electrons. The van der Waals surface area contributed by atoms with Crippen LogP contribution in [0.15, 0.2) is 28.8 Å². The molecule has 7 heteroatoms. The molecule has 0 spiro atoms. The van der Waals surface area contributed by atoms with Crippen molar-refractivity contribution in [3.63, 3.8) is 0 Å². The van der Waals surface area contributed by atoms with Gasteiger partial charge in [-0.2, -0.15) is 4.98 Å². The Labute approximate surface area is 164 Å². The maximum absolute atomic E-state index is 12.7. The standard InChI is InChI=1S/C21H27N5O2/c1-14(2)20-23-21(28-24-20)16-8-11-25(12-9-16)19(27)10-13-26-15(3)22-17-6-4-5-7-18(17)26/h4-7,14,16H,8-13H2,1-3H3. The zero-order chi connectivity index (χ0) is 19.7. The van der Waals surface area contributed by atoms with Crippen LogP contribution in [0.25, 0.3) is 11.0 Å². The summed E-state index contributed by atoms with van der Waals surface area (Å²) in [5.41, 5.74) is 2.07. The van der Waals surface area contributed by atoms with Gasteiger partial charge in [-0.3, -0.25) is 4.79 Å². The Morgan fingerprint density at radius 3 is 2.68 bits per heavy atom. The SMILES string of the molecule is Cc1nc2ccccc2n1CCC(=O)N1CCC(c2nc(C(C)C)no2)CC1. The third-order valence-corrected chi connectivity index (χ3v) is 5.57. The van der Waals surface area contributed by atoms with E-state index < -0.39 is 0 Å². The van der Waals surface area contributed by atoms with Gasteiger partial charge in [-0.05, 0) is 31.9 Å². The van der Waals surface area contributed by atoms with Crippen molar-refractivity contribution in [1.29, 1.82) is 0 Å². The number of rotatable bonds is 5. The van der Waals surface area contributed by atoms with Gasteiger partial charge in [0, 0.05) is 37.9 Å². The number of hydrogen-bond acceptors (Lipinski definition) is 5. The van der Waals surface area contributed by atoms with Gasteiger partial charge in [-0.25, -0.2) is 4.98 Å². The van der Waals surface area contributed by atoms with E-state index in [0.29, 0.717) is 13.0 Å². The van der Waals surface area contributed by atoms with Gasteiger partial charge in [-0.15, -0.1) is 0 Å². The number of carbonyl (C=O) groups is 1. The highest BCUT2D eigenvalue weighted by atomic mass is 16.5. The van der Waals surface area contributed by atoms with Crippen LogP contribution in [-0.4, -0.2) is 43.6 Å². The van der Waals surface area contributed by atoms with Gasteiger partial charge in [-0.1, -0.05) is 31.1 Å². The monoisotopic (exact) mass is 381 g/mol. The number of amides is 1. The lowest BCUT2D eigenvalue weighted by Gasteiger charge is -2.30. The molecule has 1 amide bonds. The quantitative estimate of drug-likeness (QED) is 0.674. The lowest BCUT2D eigenvalue weighted by atomic mass is 9.96. The minimum absolute atomic E-state index is 0.198. The van der Waals surface area contributed by atoms with E-state index in [-0.39, 0.29) is 17.7 Å². The first-order valence-corrected chi connectivity index (χ1v) is 10.1. The van der Waals surface area contributed by atoms with Gasteiger partial charge < -0.3 is 14.0 Å². The third kappa shape index (κ3) is 3.66. The fourth-order valence-corrected chi connectivity index (χ4v) is 3.87. The number of benzene rings is 1. The number of hydrogen-bond donors (Lipinski definition) is 0. The Morgan fingerprint density at radius 2 is 1.96 bits per heavy atom. The van der Waals surface area contributed by atoms with Crippen LogP contribution >= 0.6 is 0 Å². The minimum atomic E-state index is 0.198. The van der Waals surface area contributed by atoms with Crippen LogP contribution < -0.4 is 0 Å². The molecule has 0 aliphatic carbocycles. The van der Waals surface area contributed by atoms with E-state index in [2.05, 4.69) is 39.6 Å². The topological polar surface area (TPSA) is 77.1 Å². The van der Waals surface area contributed by atoms with E-state index in [0.717, 1.165) is 54.5 Å². The van der Waals surface area contributed by atoms with Crippen LogP contribution in [0.3, 0.4) is 0 Å². The normalized spacial score (nSPS) is 15.6. The summed E-state index contributed by atoms with van der Waals surface area (Å²) in [5.74, 6) is 3.15. The van der Waals surface area contributed by atoms with Crippen molar-refractivity contribution in [1.82, 2.24) is 24.6 Å². The Balaban J connectivity index is 1.33. The summed E-state index contributed by atoms with van der Waals surface area (Å²) >= 11 is 0. The Bertz CT molecular complexity index is 966. The summed E-state index contributed by atoms with van der Waals surface area (Å²) in [5, 5.41) is 4.06. The minimum Gasteiger partial charge on any atom is -0.343 e. The van der Waals surface area contributed by atoms with Crippen molar-refractivity contribution in [3.8, 4) is 0 Å². The number of fused-ring (bicyclic) bond motifs is 1. The predicted octanol–water partition coefficient (Wildman–Crippen LogP) is 3.65. The molecule has 1 aliphatic rings. The van der Waals surface area contributed by atoms with E-state index >= 15 is 0 Å². The molecular formula is C21H27N5O2. The first-order chi connectivity index (χ1) is 13.5. The molecule has 4 rings (SSSR count). The summed E-state index contributed by atoms with van der Waals surface area (Å²) < 4.78 is 7.57. The molecule has 3 heterocycles. The van der Waals surface area contributed by atoms with Crippen molar-refractivity contribution >= 4 is 16.9 Å². The highest BCUT2D eigenvalue weighted by Gasteiger charge is 2.27. The van der Waals surface area contributed by atoms with Crippen LogP contribution in [0.4, 0.5) is 0 Å². The Kier molecular flexibility index (Phi) is 5.15. The van der Waals surface area contributed by atoms with Gasteiger partial charge in [0.15, 0.2) is 5.82 Å². The lowest BCUT2D eigenvalue weighted by Crippen LogP contribution is -2.38. The molecule has 1 aliphatic heterocycles. The average Bonchev–Trinajstić information content (AvgIpc) is 3.31. The van der Waals surface area contributed by atoms with E-state index in [9.17, 15) is 4.79 Å². The van der Waals surface area contributed by atoms with E-state index in [1.165, 1.54) is 0 Å². The molecule has 0 atom stereocenters. The summed E-state index contributed by atoms with van der Waals surface area (Å²) in [6.45, 7) is 8.25. The molecule has 0 bridgehead atoms. The molecular weight excluding hydrogens is 354 g/mol.